The lowest BCUT2D eigenvalue weighted by Crippen LogP contribution is -2.07. The number of nitrogens with one attached hydrogen (secondary N) is 1. The van der Waals surface area contributed by atoms with Crippen LogP contribution in [0, 0.1) is 10.1 Å². The topological polar surface area (TPSA) is 85.1 Å². The molecule has 0 aliphatic heterocycles. The van der Waals surface area contributed by atoms with Crippen molar-refractivity contribution in [2.45, 2.75) is 0 Å². The van der Waals surface area contributed by atoms with E-state index in [2.05, 4.69) is 10.3 Å². The number of nitro groups is 1. The van der Waals surface area contributed by atoms with E-state index in [-0.39, 0.29) is 11.6 Å². The Bertz CT molecular complexity index is 636. The largest absolute Gasteiger partial charge is 0.321 e. The molecule has 1 N–H and O–H groups in total. The van der Waals surface area contributed by atoms with Crippen molar-refractivity contribution in [2.24, 2.45) is 0 Å². The molecule has 0 radical (unpaired) electrons. The maximum Gasteiger partial charge on any atom is 0.269 e. The Morgan fingerprint density at radius 1 is 1.25 bits per heavy atom. The highest BCUT2D eigenvalue weighted by Crippen LogP contribution is 2.13. The minimum atomic E-state index is -0.470. The minimum Gasteiger partial charge on any atom is -0.321 e. The Morgan fingerprint density at radius 2 is 2.00 bits per heavy atom. The fourth-order valence-corrected chi connectivity index (χ4v) is 1.50. The Balaban J connectivity index is 1.98. The third kappa shape index (κ3) is 3.74. The number of non-ortho nitro benzene ring substituents is 1. The quantitative estimate of drug-likeness (QED) is 0.525. The average molecular weight is 269 g/mol. The lowest BCUT2D eigenvalue weighted by atomic mass is 10.2. The zero-order valence-electron chi connectivity index (χ0n) is 10.4. The van der Waals surface area contributed by atoms with Gasteiger partial charge in [-0.2, -0.15) is 0 Å². The first-order chi connectivity index (χ1) is 9.65. The monoisotopic (exact) mass is 269 g/mol. The summed E-state index contributed by atoms with van der Waals surface area (Å²) in [4.78, 5) is 25.5. The first-order valence-corrected chi connectivity index (χ1v) is 5.79. The van der Waals surface area contributed by atoms with E-state index in [1.54, 1.807) is 36.5 Å². The van der Waals surface area contributed by atoms with Crippen LogP contribution in [-0.2, 0) is 4.79 Å². The average Bonchev–Trinajstić information content (AvgIpc) is 2.46. The number of hydrogen-bond acceptors (Lipinski definition) is 4. The van der Waals surface area contributed by atoms with E-state index in [0.717, 1.165) is 0 Å². The van der Waals surface area contributed by atoms with Crippen molar-refractivity contribution in [2.75, 3.05) is 5.32 Å². The molecule has 1 aromatic heterocycles. The Kier molecular flexibility index (Phi) is 4.18. The van der Waals surface area contributed by atoms with Crippen molar-refractivity contribution in [3.8, 4) is 0 Å². The fourth-order valence-electron chi connectivity index (χ4n) is 1.50. The Labute approximate surface area is 114 Å². The second kappa shape index (κ2) is 6.24. The number of carbonyl (C=O) groups excluding carboxylic acids is 1. The summed E-state index contributed by atoms with van der Waals surface area (Å²) in [6.45, 7) is 0. The molecule has 0 bridgehead atoms. The van der Waals surface area contributed by atoms with E-state index in [1.165, 1.54) is 24.4 Å². The highest BCUT2D eigenvalue weighted by atomic mass is 16.6. The van der Waals surface area contributed by atoms with Gasteiger partial charge in [-0.15, -0.1) is 0 Å². The van der Waals surface area contributed by atoms with E-state index in [0.29, 0.717) is 11.3 Å². The summed E-state index contributed by atoms with van der Waals surface area (Å²) in [7, 11) is 0. The number of amides is 1. The molecule has 0 fully saturated rings. The van der Waals surface area contributed by atoms with Crippen LogP contribution in [0.1, 0.15) is 5.56 Å². The number of hydrogen-bond donors (Lipinski definition) is 1. The second-order valence-electron chi connectivity index (χ2n) is 3.91. The molecule has 1 amide bonds. The summed E-state index contributed by atoms with van der Waals surface area (Å²) in [6, 6.07) is 9.37. The zero-order chi connectivity index (χ0) is 14.4. The van der Waals surface area contributed by atoms with Gasteiger partial charge in [-0.3, -0.25) is 19.9 Å². The SMILES string of the molecule is O=C(/C=C/c1ccc([N+](=O)[O-])cc1)Nc1cccnc1. The van der Waals surface area contributed by atoms with Crippen LogP contribution in [0.4, 0.5) is 11.4 Å². The fraction of sp³-hybridized carbons (Fsp3) is 0. The van der Waals surface area contributed by atoms with Crippen LogP contribution in [0.2, 0.25) is 0 Å². The lowest BCUT2D eigenvalue weighted by Gasteiger charge is -2.00. The normalized spacial score (nSPS) is 10.4. The highest BCUT2D eigenvalue weighted by molar-refractivity contribution is 6.01. The van der Waals surface area contributed by atoms with Gasteiger partial charge in [0.1, 0.15) is 0 Å². The van der Waals surface area contributed by atoms with Gasteiger partial charge < -0.3 is 5.32 Å². The van der Waals surface area contributed by atoms with Gasteiger partial charge in [0.25, 0.3) is 5.69 Å². The van der Waals surface area contributed by atoms with E-state index < -0.39 is 4.92 Å². The molecule has 1 heterocycles. The molecule has 0 unspecified atom stereocenters. The number of carbonyl (C=O) groups is 1. The van der Waals surface area contributed by atoms with Crippen molar-refractivity contribution in [3.63, 3.8) is 0 Å². The minimum absolute atomic E-state index is 0.0157. The number of anilines is 1. The van der Waals surface area contributed by atoms with E-state index in [1.807, 2.05) is 0 Å². The maximum absolute atomic E-state index is 11.6. The van der Waals surface area contributed by atoms with Crippen LogP contribution in [-0.4, -0.2) is 15.8 Å². The van der Waals surface area contributed by atoms with Gasteiger partial charge in [0.05, 0.1) is 16.8 Å². The molecule has 2 aromatic rings. The van der Waals surface area contributed by atoms with Crippen LogP contribution < -0.4 is 5.32 Å². The predicted molar refractivity (Wildman–Crippen MR) is 75.0 cm³/mol. The lowest BCUT2D eigenvalue weighted by molar-refractivity contribution is -0.384. The second-order valence-corrected chi connectivity index (χ2v) is 3.91. The molecule has 20 heavy (non-hydrogen) atoms. The van der Waals surface area contributed by atoms with Crippen LogP contribution in [0.5, 0.6) is 0 Å². The molecule has 6 heteroatoms. The standard InChI is InChI=1S/C14H11N3O3/c18-14(16-12-2-1-9-15-10-12)8-5-11-3-6-13(7-4-11)17(19)20/h1-10H,(H,16,18)/b8-5+. The predicted octanol–water partition coefficient (Wildman–Crippen LogP) is 2.64. The molecular formula is C14H11N3O3. The molecular weight excluding hydrogens is 258 g/mol. The van der Waals surface area contributed by atoms with Gasteiger partial charge in [0, 0.05) is 24.4 Å². The van der Waals surface area contributed by atoms with Crippen LogP contribution in [0.25, 0.3) is 6.08 Å². The number of nitrogens with zero attached hydrogens (tertiary/aromatic N) is 2. The summed E-state index contributed by atoms with van der Waals surface area (Å²) in [6.07, 6.45) is 6.09. The molecule has 0 spiro atoms. The van der Waals surface area contributed by atoms with Crippen molar-refractivity contribution < 1.29 is 9.72 Å². The molecule has 6 nitrogen and oxygen atoms in total. The smallest absolute Gasteiger partial charge is 0.269 e. The van der Waals surface area contributed by atoms with E-state index in [9.17, 15) is 14.9 Å². The van der Waals surface area contributed by atoms with Crippen molar-refractivity contribution in [1.29, 1.82) is 0 Å². The van der Waals surface area contributed by atoms with Crippen LogP contribution in [0.15, 0.2) is 54.9 Å². The molecule has 0 aliphatic carbocycles. The number of rotatable bonds is 4. The van der Waals surface area contributed by atoms with Gasteiger partial charge in [-0.05, 0) is 35.9 Å². The van der Waals surface area contributed by atoms with Crippen molar-refractivity contribution in [3.05, 3.63) is 70.5 Å². The first kappa shape index (κ1) is 13.4. The summed E-state index contributed by atoms with van der Waals surface area (Å²) in [5, 5.41) is 13.1. The van der Waals surface area contributed by atoms with E-state index >= 15 is 0 Å². The van der Waals surface area contributed by atoms with Crippen LogP contribution >= 0.6 is 0 Å². The summed E-state index contributed by atoms with van der Waals surface area (Å²) >= 11 is 0. The summed E-state index contributed by atoms with van der Waals surface area (Å²) in [5.41, 5.74) is 1.32. The molecule has 0 atom stereocenters. The van der Waals surface area contributed by atoms with Gasteiger partial charge in [0.2, 0.25) is 5.91 Å². The molecule has 0 saturated heterocycles. The molecule has 1 aromatic carbocycles. The first-order valence-electron chi connectivity index (χ1n) is 5.79. The Hall–Kier alpha value is -3.02. The highest BCUT2D eigenvalue weighted by Gasteiger charge is 2.02. The number of pyridine rings is 1. The molecule has 2 rings (SSSR count). The van der Waals surface area contributed by atoms with Crippen molar-refractivity contribution >= 4 is 23.4 Å². The summed E-state index contributed by atoms with van der Waals surface area (Å²) < 4.78 is 0. The van der Waals surface area contributed by atoms with E-state index in [4.69, 9.17) is 0 Å². The molecule has 100 valence electrons. The number of nitro benzene ring substituents is 1. The van der Waals surface area contributed by atoms with Crippen LogP contribution in [0.3, 0.4) is 0 Å². The Morgan fingerprint density at radius 3 is 2.60 bits per heavy atom. The number of benzene rings is 1. The van der Waals surface area contributed by atoms with Gasteiger partial charge >= 0.3 is 0 Å². The van der Waals surface area contributed by atoms with Crippen molar-refractivity contribution in [1.82, 2.24) is 4.98 Å². The molecule has 0 aliphatic rings. The summed E-state index contributed by atoms with van der Waals surface area (Å²) in [5.74, 6) is -0.295. The zero-order valence-corrected chi connectivity index (χ0v) is 10.4. The van der Waals surface area contributed by atoms with Gasteiger partial charge in [0.15, 0.2) is 0 Å². The maximum atomic E-state index is 11.6. The number of aromatic nitrogens is 1. The third-order valence-electron chi connectivity index (χ3n) is 2.46. The van der Waals surface area contributed by atoms with Gasteiger partial charge in [-0.25, -0.2) is 0 Å². The van der Waals surface area contributed by atoms with Gasteiger partial charge in [-0.1, -0.05) is 0 Å². The molecule has 0 saturated carbocycles. The third-order valence-corrected chi connectivity index (χ3v) is 2.46.